The molecule has 1 atom stereocenters. The van der Waals surface area contributed by atoms with E-state index >= 15 is 0 Å². The minimum Gasteiger partial charge on any atom is -0.497 e. The third-order valence-corrected chi connectivity index (χ3v) is 6.96. The van der Waals surface area contributed by atoms with Gasteiger partial charge in [0.05, 0.1) is 32.0 Å². The van der Waals surface area contributed by atoms with Gasteiger partial charge in [-0.1, -0.05) is 19.3 Å². The Balaban J connectivity index is 1.56. The number of hydrogen-bond donors (Lipinski definition) is 1. The maximum atomic E-state index is 13.7. The summed E-state index contributed by atoms with van der Waals surface area (Å²) in [4.78, 5) is 29.1. The maximum absolute atomic E-state index is 13.7. The number of methoxy groups -OCH3 is 1. The zero-order valence-electron chi connectivity index (χ0n) is 18.6. The maximum Gasteiger partial charge on any atom is 0.271 e. The molecule has 1 aliphatic carbocycles. The Bertz CT molecular complexity index is 1140. The molecule has 2 aliphatic rings. The Morgan fingerprint density at radius 1 is 1.22 bits per heavy atom. The van der Waals surface area contributed by atoms with E-state index in [1.54, 1.807) is 24.3 Å². The van der Waals surface area contributed by atoms with Gasteiger partial charge in [-0.15, -0.1) is 0 Å². The summed E-state index contributed by atoms with van der Waals surface area (Å²) >= 11 is 0. The number of carbonyl (C=O) groups is 2. The van der Waals surface area contributed by atoms with Gasteiger partial charge in [-0.05, 0) is 50.1 Å². The number of fused-ring (bicyclic) bond motifs is 3. The Morgan fingerprint density at radius 3 is 2.75 bits per heavy atom. The number of benzene rings is 1. The molecule has 2 aromatic heterocycles. The van der Waals surface area contributed by atoms with Gasteiger partial charge in [0.25, 0.3) is 5.91 Å². The monoisotopic (exact) mass is 435 g/mol. The lowest BCUT2D eigenvalue weighted by atomic mass is 9.91. The van der Waals surface area contributed by atoms with Crippen molar-refractivity contribution in [3.05, 3.63) is 54.1 Å². The second-order valence-electron chi connectivity index (χ2n) is 9.09. The fraction of sp³-hybridized carbons (Fsp3) is 0.440. The van der Waals surface area contributed by atoms with Crippen molar-refractivity contribution in [1.29, 1.82) is 0 Å². The highest BCUT2D eigenvalue weighted by atomic mass is 16.5. The normalized spacial score (nSPS) is 21.6. The van der Waals surface area contributed by atoms with E-state index in [1.807, 2.05) is 41.8 Å². The molecule has 0 radical (unpaired) electrons. The van der Waals surface area contributed by atoms with Crippen molar-refractivity contribution in [3.8, 4) is 5.75 Å². The van der Waals surface area contributed by atoms with Gasteiger partial charge in [0.2, 0.25) is 5.91 Å². The average molecular weight is 436 g/mol. The highest BCUT2D eigenvalue weighted by Gasteiger charge is 2.48. The second-order valence-corrected chi connectivity index (χ2v) is 9.09. The van der Waals surface area contributed by atoms with Gasteiger partial charge < -0.3 is 23.9 Å². The molecule has 1 aliphatic heterocycles. The molecule has 1 aromatic carbocycles. The first-order chi connectivity index (χ1) is 15.5. The minimum atomic E-state index is -1.05. The van der Waals surface area contributed by atoms with Crippen molar-refractivity contribution in [1.82, 2.24) is 14.8 Å². The van der Waals surface area contributed by atoms with Gasteiger partial charge in [-0.3, -0.25) is 9.59 Å². The predicted octanol–water partition coefficient (Wildman–Crippen LogP) is 4.11. The number of ether oxygens (including phenoxy) is 1. The lowest BCUT2D eigenvalue weighted by Gasteiger charge is -2.44. The molecule has 0 bridgehead atoms. The van der Waals surface area contributed by atoms with Crippen LogP contribution >= 0.6 is 0 Å². The van der Waals surface area contributed by atoms with Crippen molar-refractivity contribution in [2.45, 2.75) is 63.7 Å². The summed E-state index contributed by atoms with van der Waals surface area (Å²) in [6.45, 7) is 2.47. The number of amides is 2. The van der Waals surface area contributed by atoms with Gasteiger partial charge in [0.15, 0.2) is 0 Å². The summed E-state index contributed by atoms with van der Waals surface area (Å²) in [6.07, 6.45) is 7.04. The Hall–Kier alpha value is -3.22. The fourth-order valence-corrected chi connectivity index (χ4v) is 5.05. The molecule has 168 valence electrons. The molecular formula is C25H29N3O4. The zero-order chi connectivity index (χ0) is 22.3. The highest BCUT2D eigenvalue weighted by Crippen LogP contribution is 2.35. The summed E-state index contributed by atoms with van der Waals surface area (Å²) in [7, 11) is 1.62. The third kappa shape index (κ3) is 3.45. The molecule has 0 spiro atoms. The summed E-state index contributed by atoms with van der Waals surface area (Å²) in [6, 6.07) is 11.4. The van der Waals surface area contributed by atoms with Crippen LogP contribution in [-0.4, -0.2) is 40.0 Å². The number of nitrogens with one attached hydrogen (secondary N) is 1. The van der Waals surface area contributed by atoms with E-state index in [2.05, 4.69) is 5.32 Å². The van der Waals surface area contributed by atoms with Crippen LogP contribution in [0.2, 0.25) is 0 Å². The first-order valence-electron chi connectivity index (χ1n) is 11.3. The summed E-state index contributed by atoms with van der Waals surface area (Å²) in [5, 5.41) is 4.20. The third-order valence-electron chi connectivity index (χ3n) is 6.96. The van der Waals surface area contributed by atoms with Crippen LogP contribution in [0.3, 0.4) is 0 Å². The van der Waals surface area contributed by atoms with Gasteiger partial charge in [0, 0.05) is 17.5 Å². The molecule has 1 N–H and O–H groups in total. The molecule has 3 aromatic rings. The van der Waals surface area contributed by atoms with Gasteiger partial charge in [-0.25, -0.2) is 0 Å². The Kier molecular flexibility index (Phi) is 5.19. The van der Waals surface area contributed by atoms with Crippen molar-refractivity contribution in [2.24, 2.45) is 0 Å². The van der Waals surface area contributed by atoms with E-state index in [0.29, 0.717) is 18.0 Å². The number of nitrogens with zero attached hydrogens (tertiary/aromatic N) is 2. The van der Waals surface area contributed by atoms with Crippen molar-refractivity contribution < 1.29 is 18.7 Å². The largest absolute Gasteiger partial charge is 0.497 e. The molecule has 0 saturated heterocycles. The van der Waals surface area contributed by atoms with Crippen LogP contribution in [0.1, 0.15) is 55.3 Å². The number of rotatable bonds is 5. The van der Waals surface area contributed by atoms with Crippen LogP contribution in [0.25, 0.3) is 10.9 Å². The van der Waals surface area contributed by atoms with E-state index < -0.39 is 5.54 Å². The molecule has 2 amide bonds. The number of aromatic nitrogens is 1. The molecule has 7 heteroatoms. The van der Waals surface area contributed by atoms with E-state index in [9.17, 15) is 9.59 Å². The van der Waals surface area contributed by atoms with Crippen molar-refractivity contribution >= 4 is 22.7 Å². The Labute approximate surface area is 187 Å². The second kappa shape index (κ2) is 8.04. The standard InChI is InChI=1S/C25H29N3O4/c1-25(24(30)26-18-7-4-3-5-8-18)16-27-21-14-19(31-2)11-10-17(21)13-22(27)23(29)28(25)15-20-9-6-12-32-20/h6,9-14,18H,3-5,7-8,15-16H2,1-2H3,(H,26,30)/t25-/m1/s1. The lowest BCUT2D eigenvalue weighted by molar-refractivity contribution is -0.134. The van der Waals surface area contributed by atoms with Crippen molar-refractivity contribution in [2.75, 3.05) is 7.11 Å². The molecular weight excluding hydrogens is 406 g/mol. The summed E-state index contributed by atoms with van der Waals surface area (Å²) < 4.78 is 12.9. The zero-order valence-corrected chi connectivity index (χ0v) is 18.6. The number of furan rings is 1. The van der Waals surface area contributed by atoms with Crippen molar-refractivity contribution in [3.63, 3.8) is 0 Å². The van der Waals surface area contributed by atoms with Crippen LogP contribution in [-0.2, 0) is 17.9 Å². The first kappa shape index (κ1) is 20.7. The van der Waals surface area contributed by atoms with Crippen LogP contribution in [0, 0.1) is 0 Å². The van der Waals surface area contributed by atoms with Crippen LogP contribution in [0.5, 0.6) is 5.75 Å². The molecule has 32 heavy (non-hydrogen) atoms. The Morgan fingerprint density at radius 2 is 2.03 bits per heavy atom. The van der Waals surface area contributed by atoms with Gasteiger partial charge in [-0.2, -0.15) is 0 Å². The van der Waals surface area contributed by atoms with Crippen LogP contribution in [0.4, 0.5) is 0 Å². The molecule has 0 unspecified atom stereocenters. The van der Waals surface area contributed by atoms with Crippen LogP contribution in [0.15, 0.2) is 47.1 Å². The molecule has 1 fully saturated rings. The van der Waals surface area contributed by atoms with E-state index in [0.717, 1.165) is 42.3 Å². The van der Waals surface area contributed by atoms with Crippen LogP contribution < -0.4 is 10.1 Å². The topological polar surface area (TPSA) is 76.7 Å². The van der Waals surface area contributed by atoms with Gasteiger partial charge in [0.1, 0.15) is 22.7 Å². The predicted molar refractivity (Wildman–Crippen MR) is 120 cm³/mol. The summed E-state index contributed by atoms with van der Waals surface area (Å²) in [5.74, 6) is 1.09. The molecule has 5 rings (SSSR count). The smallest absolute Gasteiger partial charge is 0.271 e. The SMILES string of the molecule is COc1ccc2cc3n(c2c1)C[C@](C)(C(=O)NC1CCCCC1)N(Cc1ccco1)C3=O. The quantitative estimate of drug-likeness (QED) is 0.654. The fourth-order valence-electron chi connectivity index (χ4n) is 5.05. The summed E-state index contributed by atoms with van der Waals surface area (Å²) in [5.41, 5.74) is 0.411. The van der Waals surface area contributed by atoms with Gasteiger partial charge >= 0.3 is 0 Å². The molecule has 7 nitrogen and oxygen atoms in total. The molecule has 3 heterocycles. The average Bonchev–Trinajstić information content (AvgIpc) is 3.45. The molecule has 1 saturated carbocycles. The highest BCUT2D eigenvalue weighted by molar-refractivity contribution is 6.03. The number of carbonyl (C=O) groups excluding carboxylic acids is 2. The number of hydrogen-bond acceptors (Lipinski definition) is 4. The first-order valence-corrected chi connectivity index (χ1v) is 11.3. The van der Waals surface area contributed by atoms with E-state index in [1.165, 1.54) is 6.42 Å². The van der Waals surface area contributed by atoms with E-state index in [-0.39, 0.29) is 24.4 Å². The van der Waals surface area contributed by atoms with E-state index in [4.69, 9.17) is 9.15 Å². The lowest BCUT2D eigenvalue weighted by Crippen LogP contribution is -2.64. The minimum absolute atomic E-state index is 0.111.